The molecule has 274 valence electrons. The molecule has 4 unspecified atom stereocenters. The van der Waals surface area contributed by atoms with Crippen molar-refractivity contribution in [3.05, 3.63) is 94.0 Å². The lowest BCUT2D eigenvalue weighted by atomic mass is 9.85. The summed E-state index contributed by atoms with van der Waals surface area (Å²) in [5.74, 6) is 3.59. The van der Waals surface area contributed by atoms with Crippen molar-refractivity contribution in [3.63, 3.8) is 0 Å². The average Bonchev–Trinajstić information content (AvgIpc) is 3.14. The maximum atomic E-state index is 12.6. The first-order valence-corrected chi connectivity index (χ1v) is 18.1. The fourth-order valence-corrected chi connectivity index (χ4v) is 8.30. The van der Waals surface area contributed by atoms with Gasteiger partial charge in [-0.2, -0.15) is 0 Å². The molecule has 0 fully saturated rings. The summed E-state index contributed by atoms with van der Waals surface area (Å²) in [5.41, 5.74) is 6.29. The molecule has 10 nitrogen and oxygen atoms in total. The van der Waals surface area contributed by atoms with Crippen LogP contribution in [0.4, 0.5) is 0 Å². The third-order valence-electron chi connectivity index (χ3n) is 11.4. The highest BCUT2D eigenvalue weighted by molar-refractivity contribution is 6.17. The molecule has 4 heterocycles. The van der Waals surface area contributed by atoms with Crippen LogP contribution in [0.2, 0.25) is 0 Å². The molecule has 52 heavy (non-hydrogen) atoms. The molecule has 11 heteroatoms. The molecule has 8 rings (SSSR count). The zero-order valence-electron chi connectivity index (χ0n) is 30.5. The predicted molar refractivity (Wildman–Crippen MR) is 198 cm³/mol. The molecule has 4 atom stereocenters. The minimum Gasteiger partial charge on any atom is -0.493 e. The van der Waals surface area contributed by atoms with Gasteiger partial charge in [-0.3, -0.25) is 4.90 Å². The standard InChI is InChI=1S/C41H45ClN2O8/c1-24(41(45)46)44(3)16-14-27-20-34(48-5)36-22-30(27)32(44)18-25-7-10-29(11-8-25)51-35-19-26(9-12-33(35)47-4)17-31-38-28(13-15-43(31)2)21-37(49-6)39(50-23-42)40(38)52-36/h7-12,19-22,24,31-32H,13-18,23H2,1-6H3/p+1. The van der Waals surface area contributed by atoms with E-state index in [-0.39, 0.29) is 18.1 Å². The Kier molecular flexibility index (Phi) is 9.91. The molecule has 4 aromatic carbocycles. The molecule has 4 aromatic rings. The maximum absolute atomic E-state index is 12.6. The summed E-state index contributed by atoms with van der Waals surface area (Å²) in [6.45, 7) is 3.27. The zero-order valence-corrected chi connectivity index (χ0v) is 31.3. The fourth-order valence-electron chi connectivity index (χ4n) is 8.19. The second-order valence-corrected chi connectivity index (χ2v) is 14.3. The third-order valence-corrected chi connectivity index (χ3v) is 11.5. The lowest BCUT2D eigenvalue weighted by Crippen LogP contribution is -2.59. The normalized spacial score (nSPS) is 21.4. The van der Waals surface area contributed by atoms with Crippen molar-refractivity contribution in [1.29, 1.82) is 0 Å². The van der Waals surface area contributed by atoms with Gasteiger partial charge in [-0.1, -0.05) is 29.8 Å². The van der Waals surface area contributed by atoms with Crippen LogP contribution in [0.3, 0.4) is 0 Å². The molecule has 6 bridgehead atoms. The Bertz CT molecular complexity index is 1990. The van der Waals surface area contributed by atoms with Crippen LogP contribution in [-0.4, -0.2) is 81.1 Å². The number of nitrogens with zero attached hydrogens (tertiary/aromatic N) is 2. The molecule has 1 N–H and O–H groups in total. The second-order valence-electron chi connectivity index (χ2n) is 14.1. The van der Waals surface area contributed by atoms with Gasteiger partial charge in [0.15, 0.2) is 46.6 Å². The van der Waals surface area contributed by atoms with Crippen molar-refractivity contribution in [2.75, 3.05) is 54.6 Å². The van der Waals surface area contributed by atoms with Crippen LogP contribution in [0.25, 0.3) is 0 Å². The van der Waals surface area contributed by atoms with E-state index in [1.54, 1.807) is 28.3 Å². The monoisotopic (exact) mass is 729 g/mol. The smallest absolute Gasteiger partial charge is 0.362 e. The van der Waals surface area contributed by atoms with Crippen LogP contribution < -0.4 is 28.4 Å². The van der Waals surface area contributed by atoms with E-state index < -0.39 is 12.0 Å². The van der Waals surface area contributed by atoms with Crippen molar-refractivity contribution < 1.29 is 42.8 Å². The zero-order chi connectivity index (χ0) is 36.7. The van der Waals surface area contributed by atoms with E-state index in [2.05, 4.69) is 30.1 Å². The quantitative estimate of drug-likeness (QED) is 0.152. The van der Waals surface area contributed by atoms with E-state index in [1.807, 2.05) is 49.5 Å². The highest BCUT2D eigenvalue weighted by Crippen LogP contribution is 2.52. The number of benzene rings is 4. The molecule has 0 amide bonds. The molecule has 4 aliphatic heterocycles. The largest absolute Gasteiger partial charge is 0.493 e. The first-order valence-electron chi connectivity index (χ1n) is 17.6. The summed E-state index contributed by atoms with van der Waals surface area (Å²) in [6.07, 6.45) is 2.69. The van der Waals surface area contributed by atoms with E-state index in [4.69, 9.17) is 40.0 Å². The first-order chi connectivity index (χ1) is 25.1. The number of likely N-dealkylation sites (N-methyl/N-ethyl adjacent to an activating group) is 2. The van der Waals surface area contributed by atoms with Crippen LogP contribution in [0.15, 0.2) is 60.7 Å². The summed E-state index contributed by atoms with van der Waals surface area (Å²) < 4.78 is 37.6. The Labute approximate surface area is 309 Å². The van der Waals surface area contributed by atoms with Gasteiger partial charge in [0.1, 0.15) is 11.8 Å². The number of methoxy groups -OCH3 is 3. The van der Waals surface area contributed by atoms with E-state index in [0.29, 0.717) is 76.3 Å². The number of rotatable bonds is 7. The van der Waals surface area contributed by atoms with E-state index in [0.717, 1.165) is 46.3 Å². The van der Waals surface area contributed by atoms with Crippen LogP contribution in [-0.2, 0) is 30.5 Å². The molecule has 0 radical (unpaired) electrons. The molecule has 0 aromatic heterocycles. The molecule has 0 saturated carbocycles. The number of carbonyl (C=O) groups is 1. The number of quaternary nitrogens is 1. The molecule has 0 spiro atoms. The summed E-state index contributed by atoms with van der Waals surface area (Å²) >= 11 is 6.26. The average molecular weight is 730 g/mol. The van der Waals surface area contributed by atoms with Gasteiger partial charge in [0, 0.05) is 36.6 Å². The van der Waals surface area contributed by atoms with Crippen molar-refractivity contribution in [2.45, 2.75) is 50.7 Å². The number of halogens is 1. The molecule has 4 aliphatic rings. The minimum absolute atomic E-state index is 0.115. The van der Waals surface area contributed by atoms with Gasteiger partial charge >= 0.3 is 5.97 Å². The Morgan fingerprint density at radius 3 is 2.29 bits per heavy atom. The van der Waals surface area contributed by atoms with Crippen LogP contribution in [0, 0.1) is 0 Å². The Balaban J connectivity index is 1.50. The van der Waals surface area contributed by atoms with Crippen molar-refractivity contribution in [2.24, 2.45) is 0 Å². The number of carboxylic acid groups (broad SMARTS) is 1. The van der Waals surface area contributed by atoms with Gasteiger partial charge in [0.2, 0.25) is 5.75 Å². The Hall–Kier alpha value is -4.64. The minimum atomic E-state index is -0.837. The topological polar surface area (TPSA) is 95.9 Å². The second kappa shape index (κ2) is 14.4. The number of ether oxygens (including phenoxy) is 6. The Morgan fingerprint density at radius 2 is 1.60 bits per heavy atom. The number of hydrogen-bond donors (Lipinski definition) is 1. The summed E-state index contributed by atoms with van der Waals surface area (Å²) in [5, 5.41) is 10.3. The summed E-state index contributed by atoms with van der Waals surface area (Å²) in [7, 11) is 9.05. The number of fused-ring (bicyclic) bond motifs is 2. The van der Waals surface area contributed by atoms with Gasteiger partial charge < -0.3 is 38.0 Å². The van der Waals surface area contributed by atoms with Gasteiger partial charge in [-0.25, -0.2) is 4.79 Å². The molecular weight excluding hydrogens is 684 g/mol. The van der Waals surface area contributed by atoms with Crippen LogP contribution in [0.1, 0.15) is 52.4 Å². The fraction of sp³-hybridized carbons (Fsp3) is 0.390. The highest BCUT2D eigenvalue weighted by Gasteiger charge is 2.46. The Morgan fingerprint density at radius 1 is 0.904 bits per heavy atom. The van der Waals surface area contributed by atoms with Gasteiger partial charge in [-0.05, 0) is 91.5 Å². The predicted octanol–water partition coefficient (Wildman–Crippen LogP) is 7.72. The van der Waals surface area contributed by atoms with Gasteiger partial charge in [0.05, 0.1) is 34.9 Å². The number of aliphatic carboxylic acids is 1. The first kappa shape index (κ1) is 35.7. The number of hydrogen-bond acceptors (Lipinski definition) is 8. The van der Waals surface area contributed by atoms with Crippen molar-refractivity contribution in [3.8, 4) is 46.0 Å². The molecule has 0 saturated heterocycles. The number of carboxylic acids is 1. The third kappa shape index (κ3) is 6.37. The van der Waals surface area contributed by atoms with E-state index >= 15 is 0 Å². The highest BCUT2D eigenvalue weighted by atomic mass is 35.5. The SMILES string of the molecule is COc1ccc2cc1Oc1ccc(cc1)CC1c3cc(c(OC)cc3CC[N+]1(C)C(C)C(=O)O)Oc1c(OCCl)c(OC)cc3c1C(C2)N(C)CC3. The van der Waals surface area contributed by atoms with Crippen molar-refractivity contribution >= 4 is 17.6 Å². The lowest BCUT2D eigenvalue weighted by Gasteiger charge is -2.48. The summed E-state index contributed by atoms with van der Waals surface area (Å²) in [4.78, 5) is 14.9. The van der Waals surface area contributed by atoms with Gasteiger partial charge in [0.25, 0.3) is 0 Å². The van der Waals surface area contributed by atoms with Crippen LogP contribution in [0.5, 0.6) is 46.0 Å². The lowest BCUT2D eigenvalue weighted by molar-refractivity contribution is -0.954. The van der Waals surface area contributed by atoms with E-state index in [1.165, 1.54) is 0 Å². The van der Waals surface area contributed by atoms with Crippen molar-refractivity contribution in [1.82, 2.24) is 4.90 Å². The number of alkyl halides is 1. The molecular formula is C41H46ClN2O8+. The summed E-state index contributed by atoms with van der Waals surface area (Å²) in [6, 6.07) is 19.1. The molecule has 0 aliphatic carbocycles. The van der Waals surface area contributed by atoms with Gasteiger partial charge in [-0.15, -0.1) is 0 Å². The maximum Gasteiger partial charge on any atom is 0.362 e. The van der Waals surface area contributed by atoms with E-state index in [9.17, 15) is 9.90 Å². The van der Waals surface area contributed by atoms with Crippen LogP contribution >= 0.6 is 11.6 Å².